The van der Waals surface area contributed by atoms with Crippen molar-refractivity contribution in [2.45, 2.75) is 75.5 Å². The Hall–Kier alpha value is -5.79. The lowest BCUT2D eigenvalue weighted by atomic mass is 9.85. The van der Waals surface area contributed by atoms with Crippen LogP contribution in [0.3, 0.4) is 0 Å². The molecule has 10 rings (SSSR count). The van der Waals surface area contributed by atoms with Crippen LogP contribution in [0.15, 0.2) is 49.1 Å². The van der Waals surface area contributed by atoms with E-state index in [1.165, 1.54) is 16.9 Å². The van der Waals surface area contributed by atoms with E-state index in [1.54, 1.807) is 17.1 Å². The first-order valence-corrected chi connectivity index (χ1v) is 21.2. The van der Waals surface area contributed by atoms with Crippen molar-refractivity contribution in [2.24, 2.45) is 5.92 Å². The SMILES string of the molecule is O=C1CC[C@@H](c2c[nH]c3c(NC(=O)CN4CCN(CC5CCC(n6cc(NC(=O)c7cnn8ccc(N9C[C@@H]%10C[C@H]9CO%10)nc78)c(C(F)F)n6)CC5)CC4)cccc23)C(=O)N1. The van der Waals surface area contributed by atoms with Crippen LogP contribution in [-0.4, -0.2) is 127 Å². The van der Waals surface area contributed by atoms with Crippen LogP contribution in [0.2, 0.25) is 0 Å². The zero-order valence-electron chi connectivity index (χ0n) is 33.6. The number of nitrogens with zero attached hydrogens (tertiary/aromatic N) is 8. The highest BCUT2D eigenvalue weighted by molar-refractivity contribution is 6.08. The maximum atomic E-state index is 14.3. The summed E-state index contributed by atoms with van der Waals surface area (Å²) in [6, 6.07) is 7.65. The Bertz CT molecular complexity index is 2490. The molecular formula is C42H48F2N12O5. The van der Waals surface area contributed by atoms with Crippen LogP contribution in [0.1, 0.15) is 84.9 Å². The number of aromatic amines is 1. The molecule has 61 heavy (non-hydrogen) atoms. The van der Waals surface area contributed by atoms with Gasteiger partial charge in [-0.1, -0.05) is 12.1 Å². The van der Waals surface area contributed by atoms with Crippen molar-refractivity contribution in [3.05, 3.63) is 65.9 Å². The number of H-pyrrole nitrogens is 1. The molecule has 1 aromatic carbocycles. The van der Waals surface area contributed by atoms with Crippen molar-refractivity contribution in [1.82, 2.24) is 44.5 Å². The number of aromatic nitrogens is 6. The van der Waals surface area contributed by atoms with E-state index in [0.717, 1.165) is 93.7 Å². The molecule has 8 heterocycles. The summed E-state index contributed by atoms with van der Waals surface area (Å²) in [7, 11) is 0. The van der Waals surface area contributed by atoms with E-state index in [9.17, 15) is 28.0 Å². The van der Waals surface area contributed by atoms with Crippen LogP contribution < -0.4 is 20.9 Å². The topological polar surface area (TPSA) is 187 Å². The molecule has 17 nitrogen and oxygen atoms in total. The van der Waals surface area contributed by atoms with Crippen LogP contribution in [0.4, 0.5) is 26.0 Å². The van der Waals surface area contributed by atoms with Crippen molar-refractivity contribution in [3.8, 4) is 0 Å². The van der Waals surface area contributed by atoms with Crippen LogP contribution >= 0.6 is 0 Å². The van der Waals surface area contributed by atoms with Crippen molar-refractivity contribution < 1.29 is 32.7 Å². The van der Waals surface area contributed by atoms with Crippen molar-refractivity contribution in [3.63, 3.8) is 0 Å². The average Bonchev–Trinajstić information content (AvgIpc) is 4.11. The molecule has 1 saturated carbocycles. The smallest absolute Gasteiger partial charge is 0.284 e. The Morgan fingerprint density at radius 3 is 2.54 bits per heavy atom. The van der Waals surface area contributed by atoms with E-state index in [1.807, 2.05) is 24.3 Å². The van der Waals surface area contributed by atoms with Gasteiger partial charge in [-0.3, -0.25) is 34.1 Å². The number of anilines is 3. The summed E-state index contributed by atoms with van der Waals surface area (Å²) < 4.78 is 37.4. The number of fused-ring (bicyclic) bond motifs is 4. The second-order valence-corrected chi connectivity index (χ2v) is 17.0. The van der Waals surface area contributed by atoms with Gasteiger partial charge in [0.05, 0.1) is 60.3 Å². The van der Waals surface area contributed by atoms with Gasteiger partial charge < -0.3 is 30.2 Å². The third kappa shape index (κ3) is 7.85. The van der Waals surface area contributed by atoms with Crippen molar-refractivity contribution in [1.29, 1.82) is 0 Å². The van der Waals surface area contributed by atoms with Crippen LogP contribution in [0.5, 0.6) is 0 Å². The predicted octanol–water partition coefficient (Wildman–Crippen LogP) is 4.08. The van der Waals surface area contributed by atoms with Gasteiger partial charge in [0.25, 0.3) is 12.3 Å². The number of hydrogen-bond donors (Lipinski definition) is 4. The van der Waals surface area contributed by atoms with Gasteiger partial charge in [0.15, 0.2) is 11.3 Å². The average molecular weight is 839 g/mol. The number of imide groups is 1. The fourth-order valence-electron chi connectivity index (χ4n) is 9.94. The molecule has 0 spiro atoms. The highest BCUT2D eigenvalue weighted by atomic mass is 19.3. The van der Waals surface area contributed by atoms with Gasteiger partial charge in [-0.25, -0.2) is 18.3 Å². The maximum Gasteiger partial charge on any atom is 0.284 e. The fourth-order valence-corrected chi connectivity index (χ4v) is 9.94. The summed E-state index contributed by atoms with van der Waals surface area (Å²) in [4.78, 5) is 65.6. The van der Waals surface area contributed by atoms with Crippen molar-refractivity contribution in [2.75, 3.05) is 68.0 Å². The molecule has 2 bridgehead atoms. The number of nitrogens with one attached hydrogen (secondary N) is 4. The van der Waals surface area contributed by atoms with Gasteiger partial charge in [0, 0.05) is 69.7 Å². The van der Waals surface area contributed by atoms with E-state index in [4.69, 9.17) is 9.72 Å². The number of amides is 4. The molecular weight excluding hydrogens is 791 g/mol. The number of piperazine rings is 1. The molecule has 4 saturated heterocycles. The molecule has 5 aliphatic rings. The number of halogens is 2. The zero-order valence-corrected chi connectivity index (χ0v) is 33.6. The van der Waals surface area contributed by atoms with Gasteiger partial charge in [-0.2, -0.15) is 10.2 Å². The van der Waals surface area contributed by atoms with E-state index in [-0.39, 0.29) is 53.7 Å². The third-order valence-corrected chi connectivity index (χ3v) is 13.2. The number of carbonyl (C=O) groups is 4. The molecule has 4 N–H and O–H groups in total. The van der Waals surface area contributed by atoms with Gasteiger partial charge in [0.1, 0.15) is 11.4 Å². The number of rotatable bonds is 11. The first kappa shape index (κ1) is 39.4. The third-order valence-electron chi connectivity index (χ3n) is 13.2. The van der Waals surface area contributed by atoms with E-state index < -0.39 is 23.9 Å². The molecule has 320 valence electrons. The minimum atomic E-state index is -2.87. The standard InChI is InChI=1S/C42H48F2N12O5/c43-39(44)38-33(48-42(60)31-18-46-55-11-10-34(49-40(31)55)54-20-27-16-26(54)23-61-27)21-56(51-38)25-6-4-24(5-7-25)19-52-12-14-53(15-13-52)22-36(58)47-32-3-1-2-28-30(17-45-37(28)32)29-8-9-35(57)50-41(29)59/h1-3,10-11,17-18,21,24-27,29,39,45H,4-9,12-16,19-20,22-23H2,(H,47,58)(H,48,60)(H,50,57,59)/t24?,25?,26-,27-,29-/m0/s1. The quantitative estimate of drug-likeness (QED) is 0.141. The minimum Gasteiger partial charge on any atom is -0.374 e. The molecule has 19 heteroatoms. The molecule has 5 fully saturated rings. The molecule has 1 aliphatic carbocycles. The van der Waals surface area contributed by atoms with Gasteiger partial charge in [0.2, 0.25) is 17.7 Å². The predicted molar refractivity (Wildman–Crippen MR) is 220 cm³/mol. The second kappa shape index (κ2) is 16.2. The monoisotopic (exact) mass is 838 g/mol. The Morgan fingerprint density at radius 2 is 1.79 bits per heavy atom. The van der Waals surface area contributed by atoms with E-state index >= 15 is 0 Å². The number of hydrogen-bond acceptors (Lipinski definition) is 11. The largest absolute Gasteiger partial charge is 0.374 e. The Labute approximate surface area is 349 Å². The summed E-state index contributed by atoms with van der Waals surface area (Å²) in [6.07, 6.45) is 8.89. The number of alkyl halides is 2. The number of piperidine rings is 1. The minimum absolute atomic E-state index is 0.0153. The molecule has 5 aromatic rings. The highest BCUT2D eigenvalue weighted by Crippen LogP contribution is 2.37. The van der Waals surface area contributed by atoms with Crippen LogP contribution in [-0.2, 0) is 19.1 Å². The van der Waals surface area contributed by atoms with Gasteiger partial charge in [-0.15, -0.1) is 0 Å². The molecule has 3 atom stereocenters. The fraction of sp³-hybridized carbons (Fsp3) is 0.500. The molecule has 4 amide bonds. The summed E-state index contributed by atoms with van der Waals surface area (Å²) in [5.74, 6) is -0.492. The summed E-state index contributed by atoms with van der Waals surface area (Å²) >= 11 is 0. The lowest BCUT2D eigenvalue weighted by molar-refractivity contribution is -0.134. The number of para-hydroxylation sites is 1. The maximum absolute atomic E-state index is 14.3. The Balaban J connectivity index is 0.699. The summed E-state index contributed by atoms with van der Waals surface area (Å²) in [5, 5.41) is 17.6. The normalized spacial score (nSPS) is 24.9. The van der Waals surface area contributed by atoms with E-state index in [2.05, 4.69) is 45.8 Å². The number of benzene rings is 1. The van der Waals surface area contributed by atoms with Gasteiger partial charge >= 0.3 is 0 Å². The Kier molecular flexibility index (Phi) is 10.5. The van der Waals surface area contributed by atoms with Crippen LogP contribution in [0, 0.1) is 5.92 Å². The van der Waals surface area contributed by atoms with Gasteiger partial charge in [-0.05, 0) is 62.1 Å². The first-order valence-electron chi connectivity index (χ1n) is 21.2. The molecule has 4 aromatic heterocycles. The number of carbonyl (C=O) groups excluding carboxylic acids is 4. The van der Waals surface area contributed by atoms with Crippen molar-refractivity contribution >= 4 is 57.4 Å². The zero-order chi connectivity index (χ0) is 41.8. The summed E-state index contributed by atoms with van der Waals surface area (Å²) in [6.45, 7) is 5.76. The Morgan fingerprint density at radius 1 is 0.967 bits per heavy atom. The molecule has 4 aliphatic heterocycles. The van der Waals surface area contributed by atoms with E-state index in [0.29, 0.717) is 36.7 Å². The lowest BCUT2D eigenvalue weighted by Gasteiger charge is -2.38. The highest BCUT2D eigenvalue weighted by Gasteiger charge is 2.40. The molecule has 0 radical (unpaired) electrons. The number of ether oxygens (including phenoxy) is 1. The van der Waals surface area contributed by atoms with Crippen LogP contribution in [0.25, 0.3) is 16.6 Å². The lowest BCUT2D eigenvalue weighted by Crippen LogP contribution is -2.49. The first-order chi connectivity index (χ1) is 29.6. The second-order valence-electron chi connectivity index (χ2n) is 17.0. The number of morpholine rings is 1. The summed E-state index contributed by atoms with van der Waals surface area (Å²) in [5.41, 5.74) is 2.27. The molecule has 0 unspecified atom stereocenters.